The van der Waals surface area contributed by atoms with Gasteiger partial charge in [0, 0.05) is 5.56 Å². The van der Waals surface area contributed by atoms with Crippen LogP contribution in [0.2, 0.25) is 0 Å². The van der Waals surface area contributed by atoms with Crippen molar-refractivity contribution in [2.75, 3.05) is 6.61 Å². The molecule has 37 heavy (non-hydrogen) atoms. The first-order valence-electron chi connectivity index (χ1n) is 13.2. The molecular formula is C31H34F4O2. The minimum absolute atomic E-state index is 0.0107. The van der Waals surface area contributed by atoms with Crippen molar-refractivity contribution < 1.29 is 27.0 Å². The molecule has 0 radical (unpaired) electrons. The van der Waals surface area contributed by atoms with E-state index in [0.717, 1.165) is 44.9 Å². The summed E-state index contributed by atoms with van der Waals surface area (Å²) in [6, 6.07) is 12.8. The molecule has 4 rings (SSSR count). The molecule has 1 aliphatic rings. The third kappa shape index (κ3) is 6.46. The molecule has 0 atom stereocenters. The van der Waals surface area contributed by atoms with E-state index in [4.69, 9.17) is 9.47 Å². The molecule has 0 spiro atoms. The number of rotatable bonds is 10. The van der Waals surface area contributed by atoms with Crippen LogP contribution in [0, 0.1) is 29.2 Å². The van der Waals surface area contributed by atoms with Crippen LogP contribution in [0.3, 0.4) is 0 Å². The van der Waals surface area contributed by atoms with Gasteiger partial charge in [0.15, 0.2) is 23.1 Å². The van der Waals surface area contributed by atoms with Crippen molar-refractivity contribution in [3.05, 3.63) is 82.9 Å². The normalized spacial score (nSPS) is 17.6. The van der Waals surface area contributed by atoms with Gasteiger partial charge >= 0.3 is 0 Å². The molecule has 3 aromatic rings. The topological polar surface area (TPSA) is 18.5 Å². The number of benzene rings is 3. The van der Waals surface area contributed by atoms with Gasteiger partial charge in [-0.3, -0.25) is 0 Å². The zero-order chi connectivity index (χ0) is 26.4. The molecule has 0 N–H and O–H groups in total. The number of ether oxygens (including phenoxy) is 2. The Morgan fingerprint density at radius 3 is 2.00 bits per heavy atom. The fraction of sp³-hybridized carbons (Fsp3) is 0.419. The van der Waals surface area contributed by atoms with E-state index in [1.54, 1.807) is 36.4 Å². The molecule has 0 heterocycles. The molecule has 0 bridgehead atoms. The monoisotopic (exact) mass is 514 g/mol. The van der Waals surface area contributed by atoms with E-state index in [9.17, 15) is 17.6 Å². The number of unbranched alkanes of at least 4 members (excludes halogenated alkanes) is 2. The standard InChI is InChI=1S/C31H34F4O2/c1-3-4-5-18-36-26-16-17-27(31(35)30(26)34)37-19-21-8-12-23(13-9-21)25-15-14-24(28(32)29(25)33)22-10-6-20(2)7-11-22/h8-9,12-17,20,22H,3-7,10-11,18-19H2,1-2H3. The third-order valence-corrected chi connectivity index (χ3v) is 7.24. The molecule has 0 unspecified atom stereocenters. The number of hydrogen-bond acceptors (Lipinski definition) is 2. The summed E-state index contributed by atoms with van der Waals surface area (Å²) >= 11 is 0. The number of hydrogen-bond donors (Lipinski definition) is 0. The highest BCUT2D eigenvalue weighted by atomic mass is 19.2. The molecule has 1 aliphatic carbocycles. The van der Waals surface area contributed by atoms with E-state index in [1.165, 1.54) is 12.1 Å². The second-order valence-corrected chi connectivity index (χ2v) is 10.0. The van der Waals surface area contributed by atoms with Crippen LogP contribution in [-0.2, 0) is 6.61 Å². The first-order chi connectivity index (χ1) is 17.9. The molecular weight excluding hydrogens is 480 g/mol. The maximum Gasteiger partial charge on any atom is 0.204 e. The predicted octanol–water partition coefficient (Wildman–Crippen LogP) is 9.35. The average Bonchev–Trinajstić information content (AvgIpc) is 2.91. The lowest BCUT2D eigenvalue weighted by atomic mass is 9.79. The zero-order valence-electron chi connectivity index (χ0n) is 21.5. The van der Waals surface area contributed by atoms with E-state index < -0.39 is 23.3 Å². The zero-order valence-corrected chi connectivity index (χ0v) is 21.5. The molecule has 0 aliphatic heterocycles. The summed E-state index contributed by atoms with van der Waals surface area (Å²) in [5.41, 5.74) is 1.87. The SMILES string of the molecule is CCCCCOc1ccc(OCc2ccc(-c3ccc(C4CCC(C)CC4)c(F)c3F)cc2)c(F)c1F. The Morgan fingerprint density at radius 1 is 0.703 bits per heavy atom. The Kier molecular flexibility index (Phi) is 9.12. The summed E-state index contributed by atoms with van der Waals surface area (Å²) in [6.07, 6.45) is 6.56. The van der Waals surface area contributed by atoms with Crippen molar-refractivity contribution in [2.24, 2.45) is 5.92 Å². The minimum atomic E-state index is -1.10. The Hall–Kier alpha value is -3.02. The highest BCUT2D eigenvalue weighted by Crippen LogP contribution is 2.38. The van der Waals surface area contributed by atoms with Crippen LogP contribution in [0.4, 0.5) is 17.6 Å². The van der Waals surface area contributed by atoms with E-state index in [0.29, 0.717) is 29.2 Å². The second-order valence-electron chi connectivity index (χ2n) is 10.0. The van der Waals surface area contributed by atoms with Crippen LogP contribution < -0.4 is 9.47 Å². The van der Waals surface area contributed by atoms with Crippen LogP contribution in [0.1, 0.15) is 75.8 Å². The minimum Gasteiger partial charge on any atom is -0.490 e. The Labute approximate surface area is 216 Å². The van der Waals surface area contributed by atoms with Crippen molar-refractivity contribution in [2.45, 2.75) is 71.3 Å². The third-order valence-electron chi connectivity index (χ3n) is 7.24. The summed E-state index contributed by atoms with van der Waals surface area (Å²) < 4.78 is 69.5. The summed E-state index contributed by atoms with van der Waals surface area (Å²) in [5.74, 6) is -3.44. The fourth-order valence-electron chi connectivity index (χ4n) is 4.89. The lowest BCUT2D eigenvalue weighted by Gasteiger charge is -2.27. The van der Waals surface area contributed by atoms with Gasteiger partial charge in [-0.05, 0) is 59.9 Å². The fourth-order valence-corrected chi connectivity index (χ4v) is 4.89. The Bertz CT molecular complexity index is 1180. The van der Waals surface area contributed by atoms with E-state index >= 15 is 0 Å². The van der Waals surface area contributed by atoms with Crippen molar-refractivity contribution in [1.29, 1.82) is 0 Å². The smallest absolute Gasteiger partial charge is 0.204 e. The summed E-state index contributed by atoms with van der Waals surface area (Å²) in [6.45, 7) is 4.56. The first-order valence-corrected chi connectivity index (χ1v) is 13.2. The van der Waals surface area contributed by atoms with E-state index in [-0.39, 0.29) is 29.6 Å². The van der Waals surface area contributed by atoms with E-state index in [2.05, 4.69) is 6.92 Å². The van der Waals surface area contributed by atoms with Crippen LogP contribution in [0.5, 0.6) is 11.5 Å². The molecule has 2 nitrogen and oxygen atoms in total. The highest BCUT2D eigenvalue weighted by Gasteiger charge is 2.25. The molecule has 198 valence electrons. The molecule has 3 aromatic carbocycles. The van der Waals surface area contributed by atoms with Crippen molar-refractivity contribution in [1.82, 2.24) is 0 Å². The van der Waals surface area contributed by atoms with Gasteiger partial charge in [-0.2, -0.15) is 8.78 Å². The Morgan fingerprint density at radius 2 is 1.35 bits per heavy atom. The summed E-state index contributed by atoms with van der Waals surface area (Å²) in [5, 5.41) is 0. The van der Waals surface area contributed by atoms with Crippen molar-refractivity contribution >= 4 is 0 Å². The lowest BCUT2D eigenvalue weighted by Crippen LogP contribution is -2.13. The van der Waals surface area contributed by atoms with E-state index in [1.807, 2.05) is 6.92 Å². The van der Waals surface area contributed by atoms with Gasteiger partial charge in [0.1, 0.15) is 6.61 Å². The maximum absolute atomic E-state index is 15.0. The molecule has 0 amide bonds. The van der Waals surface area contributed by atoms with Crippen LogP contribution in [0.15, 0.2) is 48.5 Å². The average molecular weight is 515 g/mol. The molecule has 6 heteroatoms. The van der Waals surface area contributed by atoms with Gasteiger partial charge in [-0.1, -0.05) is 75.9 Å². The van der Waals surface area contributed by atoms with Gasteiger partial charge in [0.05, 0.1) is 6.61 Å². The highest BCUT2D eigenvalue weighted by molar-refractivity contribution is 5.65. The molecule has 1 saturated carbocycles. The quantitative estimate of drug-likeness (QED) is 0.198. The van der Waals surface area contributed by atoms with Crippen molar-refractivity contribution in [3.8, 4) is 22.6 Å². The number of halogens is 4. The van der Waals surface area contributed by atoms with Crippen LogP contribution >= 0.6 is 0 Å². The van der Waals surface area contributed by atoms with Gasteiger partial charge in [0.2, 0.25) is 11.6 Å². The largest absolute Gasteiger partial charge is 0.490 e. The molecule has 1 fully saturated rings. The maximum atomic E-state index is 15.0. The Balaban J connectivity index is 1.40. The van der Waals surface area contributed by atoms with Gasteiger partial charge in [-0.15, -0.1) is 0 Å². The second kappa shape index (κ2) is 12.5. The molecule has 0 saturated heterocycles. The van der Waals surface area contributed by atoms with Crippen LogP contribution in [0.25, 0.3) is 11.1 Å². The first kappa shape index (κ1) is 27.0. The predicted molar refractivity (Wildman–Crippen MR) is 138 cm³/mol. The lowest BCUT2D eigenvalue weighted by molar-refractivity contribution is 0.266. The molecule has 0 aromatic heterocycles. The van der Waals surface area contributed by atoms with Gasteiger partial charge in [-0.25, -0.2) is 8.78 Å². The van der Waals surface area contributed by atoms with Gasteiger partial charge in [0.25, 0.3) is 0 Å². The van der Waals surface area contributed by atoms with Crippen molar-refractivity contribution in [3.63, 3.8) is 0 Å². The summed E-state index contributed by atoms with van der Waals surface area (Å²) in [7, 11) is 0. The summed E-state index contributed by atoms with van der Waals surface area (Å²) in [4.78, 5) is 0. The van der Waals surface area contributed by atoms with Crippen LogP contribution in [-0.4, -0.2) is 6.61 Å². The van der Waals surface area contributed by atoms with Gasteiger partial charge < -0.3 is 9.47 Å².